The number of rotatable bonds is 4. The molecule has 0 bridgehead atoms. The molecule has 0 radical (unpaired) electrons. The number of aromatic nitrogens is 1. The van der Waals surface area contributed by atoms with Crippen LogP contribution in [0.4, 0.5) is 11.4 Å². The van der Waals surface area contributed by atoms with Gasteiger partial charge in [0.15, 0.2) is 5.58 Å². The van der Waals surface area contributed by atoms with E-state index in [2.05, 4.69) is 123 Å². The van der Waals surface area contributed by atoms with Gasteiger partial charge in [0.25, 0.3) is 0 Å². The first-order valence-corrected chi connectivity index (χ1v) is 13.3. The van der Waals surface area contributed by atoms with E-state index in [1.807, 2.05) is 6.07 Å². The first-order chi connectivity index (χ1) is 17.9. The molecule has 4 heteroatoms. The molecule has 6 rings (SSSR count). The Kier molecular flexibility index (Phi) is 5.71. The number of hydrogen-bond acceptors (Lipinski definition) is 4. The van der Waals surface area contributed by atoms with Gasteiger partial charge in [-0.15, -0.1) is 0 Å². The maximum absolute atomic E-state index is 6.54. The minimum Gasteiger partial charge on any atom is -0.436 e. The van der Waals surface area contributed by atoms with Crippen LogP contribution in [0.25, 0.3) is 22.1 Å². The number of fused-ring (bicyclic) bond motifs is 3. The summed E-state index contributed by atoms with van der Waals surface area (Å²) < 4.78 is 6.54. The smallest absolute Gasteiger partial charge is 0.227 e. The zero-order valence-corrected chi connectivity index (χ0v) is 22.6. The molecule has 1 aliphatic heterocycles. The summed E-state index contributed by atoms with van der Waals surface area (Å²) in [7, 11) is 0. The summed E-state index contributed by atoms with van der Waals surface area (Å²) in [6.45, 7) is 13.8. The second kappa shape index (κ2) is 8.95. The maximum atomic E-state index is 6.54. The average molecular weight is 490 g/mol. The summed E-state index contributed by atoms with van der Waals surface area (Å²) >= 11 is 0. The Bertz CT molecular complexity index is 1570. The van der Waals surface area contributed by atoms with Crippen molar-refractivity contribution in [2.45, 2.75) is 59.8 Å². The molecule has 0 spiro atoms. The van der Waals surface area contributed by atoms with Crippen LogP contribution in [0.5, 0.6) is 0 Å². The topological polar surface area (TPSA) is 32.5 Å². The van der Waals surface area contributed by atoms with Crippen molar-refractivity contribution in [3.8, 4) is 0 Å². The van der Waals surface area contributed by atoms with E-state index in [0.717, 1.165) is 16.4 Å². The zero-order valence-electron chi connectivity index (χ0n) is 22.6. The van der Waals surface area contributed by atoms with Crippen LogP contribution in [-0.2, 0) is 0 Å². The maximum Gasteiger partial charge on any atom is 0.227 e. The van der Waals surface area contributed by atoms with Crippen LogP contribution in [0.15, 0.2) is 83.4 Å². The Balaban J connectivity index is 1.69. The molecule has 1 saturated heterocycles. The molecule has 0 saturated carbocycles. The van der Waals surface area contributed by atoms with Crippen LogP contribution in [-0.4, -0.2) is 17.1 Å². The second-order valence-electron chi connectivity index (χ2n) is 10.9. The molecule has 3 heterocycles. The van der Waals surface area contributed by atoms with Crippen LogP contribution in [0.1, 0.15) is 49.2 Å². The first-order valence-electron chi connectivity index (χ1n) is 13.3. The molecule has 37 heavy (non-hydrogen) atoms. The van der Waals surface area contributed by atoms with Gasteiger partial charge in [-0.05, 0) is 74.6 Å². The van der Waals surface area contributed by atoms with Gasteiger partial charge in [0.1, 0.15) is 6.17 Å². The quantitative estimate of drug-likeness (QED) is 0.254. The number of hydrogen-bond donors (Lipinski definition) is 0. The van der Waals surface area contributed by atoms with Crippen molar-refractivity contribution in [2.75, 3.05) is 9.80 Å². The molecule has 5 aromatic rings. The van der Waals surface area contributed by atoms with Gasteiger partial charge in [-0.1, -0.05) is 62.4 Å². The standard InChI is InChI=1S/C33H35N3O/c1-20(2)29-24(6)35(30-23(5)17-18-26-27-16-11-19-34-32(27)37-31(26)30)33(28-21(3)12-10-13-22(28)4)36(29)25-14-8-7-9-15-25/h7-20,24,29,33H,1-6H3/t24-,29?,33?/m0/s1. The van der Waals surface area contributed by atoms with E-state index in [4.69, 9.17) is 4.42 Å². The lowest BCUT2D eigenvalue weighted by Gasteiger charge is -2.37. The van der Waals surface area contributed by atoms with Gasteiger partial charge in [-0.2, -0.15) is 0 Å². The van der Waals surface area contributed by atoms with Gasteiger partial charge < -0.3 is 14.2 Å². The van der Waals surface area contributed by atoms with Gasteiger partial charge in [0.05, 0.1) is 11.7 Å². The Morgan fingerprint density at radius 3 is 2.19 bits per heavy atom. The molecule has 1 aliphatic rings. The average Bonchev–Trinajstić information content (AvgIpc) is 3.40. The van der Waals surface area contributed by atoms with Crippen molar-refractivity contribution >= 4 is 33.4 Å². The fraction of sp³-hybridized carbons (Fsp3) is 0.303. The minimum absolute atomic E-state index is 0.0245. The molecule has 188 valence electrons. The molecule has 0 N–H and O–H groups in total. The molecule has 3 atom stereocenters. The summed E-state index contributed by atoms with van der Waals surface area (Å²) in [4.78, 5) is 9.84. The van der Waals surface area contributed by atoms with E-state index < -0.39 is 0 Å². The predicted molar refractivity (Wildman–Crippen MR) is 154 cm³/mol. The van der Waals surface area contributed by atoms with E-state index in [-0.39, 0.29) is 12.2 Å². The summed E-state index contributed by atoms with van der Waals surface area (Å²) in [6, 6.07) is 26.6. The second-order valence-corrected chi connectivity index (χ2v) is 10.9. The van der Waals surface area contributed by atoms with E-state index in [1.165, 1.54) is 33.6 Å². The lowest BCUT2D eigenvalue weighted by atomic mass is 9.96. The number of aryl methyl sites for hydroxylation is 3. The summed E-state index contributed by atoms with van der Waals surface area (Å²) in [5, 5.41) is 2.19. The fourth-order valence-electron chi connectivity index (χ4n) is 6.63. The van der Waals surface area contributed by atoms with Gasteiger partial charge in [-0.3, -0.25) is 0 Å². The van der Waals surface area contributed by atoms with Gasteiger partial charge >= 0.3 is 0 Å². The third-order valence-electron chi connectivity index (χ3n) is 8.17. The largest absolute Gasteiger partial charge is 0.436 e. The van der Waals surface area contributed by atoms with Gasteiger partial charge in [0.2, 0.25) is 5.71 Å². The van der Waals surface area contributed by atoms with Crippen molar-refractivity contribution < 1.29 is 4.42 Å². The van der Waals surface area contributed by atoms with Gasteiger partial charge in [0, 0.05) is 34.3 Å². The Hall–Kier alpha value is -3.79. The molecule has 0 amide bonds. The van der Waals surface area contributed by atoms with Crippen LogP contribution in [0, 0.1) is 26.7 Å². The predicted octanol–water partition coefficient (Wildman–Crippen LogP) is 8.34. The minimum atomic E-state index is 0.0245. The Morgan fingerprint density at radius 1 is 0.757 bits per heavy atom. The summed E-state index contributed by atoms with van der Waals surface area (Å²) in [6.07, 6.45) is 1.83. The van der Waals surface area contributed by atoms with Crippen molar-refractivity contribution in [1.29, 1.82) is 0 Å². The molecule has 1 fully saturated rings. The number of para-hydroxylation sites is 1. The van der Waals surface area contributed by atoms with E-state index in [0.29, 0.717) is 17.7 Å². The molecule has 3 aromatic carbocycles. The van der Waals surface area contributed by atoms with Crippen LogP contribution < -0.4 is 9.80 Å². The molecular formula is C33H35N3O. The molecule has 2 aromatic heterocycles. The molecular weight excluding hydrogens is 454 g/mol. The molecule has 2 unspecified atom stereocenters. The molecule has 4 nitrogen and oxygen atoms in total. The SMILES string of the molecule is Cc1cccc(C)c1C1N(c2ccccc2)C(C(C)C)[C@H](C)N1c1c(C)ccc2c1oc1ncccc12. The van der Waals surface area contributed by atoms with E-state index >= 15 is 0 Å². The number of anilines is 2. The Morgan fingerprint density at radius 2 is 1.49 bits per heavy atom. The highest BCUT2D eigenvalue weighted by atomic mass is 16.3. The summed E-state index contributed by atoms with van der Waals surface area (Å²) in [5.41, 5.74) is 9.24. The Labute approximate surface area is 219 Å². The third-order valence-corrected chi connectivity index (χ3v) is 8.17. The summed E-state index contributed by atoms with van der Waals surface area (Å²) in [5.74, 6) is 0.448. The highest BCUT2D eigenvalue weighted by Gasteiger charge is 2.49. The van der Waals surface area contributed by atoms with Crippen molar-refractivity contribution in [1.82, 2.24) is 4.98 Å². The monoisotopic (exact) mass is 489 g/mol. The fourth-order valence-corrected chi connectivity index (χ4v) is 6.63. The van der Waals surface area contributed by atoms with Crippen molar-refractivity contribution in [3.05, 3.63) is 101 Å². The van der Waals surface area contributed by atoms with E-state index in [9.17, 15) is 0 Å². The van der Waals surface area contributed by atoms with Crippen LogP contribution in [0.3, 0.4) is 0 Å². The number of nitrogens with zero attached hydrogens (tertiary/aromatic N) is 3. The normalized spacial score (nSPS) is 20.0. The van der Waals surface area contributed by atoms with Crippen molar-refractivity contribution in [2.24, 2.45) is 5.92 Å². The highest BCUT2D eigenvalue weighted by Crippen LogP contribution is 2.50. The number of pyridine rings is 1. The lowest BCUT2D eigenvalue weighted by Crippen LogP contribution is -2.40. The number of furan rings is 1. The van der Waals surface area contributed by atoms with Crippen LogP contribution in [0.2, 0.25) is 0 Å². The molecule has 0 aliphatic carbocycles. The van der Waals surface area contributed by atoms with Crippen molar-refractivity contribution in [3.63, 3.8) is 0 Å². The highest BCUT2D eigenvalue weighted by molar-refractivity contribution is 6.08. The number of benzene rings is 3. The lowest BCUT2D eigenvalue weighted by molar-refractivity contribution is 0.455. The van der Waals surface area contributed by atoms with E-state index in [1.54, 1.807) is 6.20 Å². The first kappa shape index (κ1) is 23.6. The van der Waals surface area contributed by atoms with Crippen LogP contribution >= 0.6 is 0 Å². The third kappa shape index (κ3) is 3.61. The zero-order chi connectivity index (χ0) is 25.8. The van der Waals surface area contributed by atoms with Gasteiger partial charge in [-0.25, -0.2) is 4.98 Å².